The van der Waals surface area contributed by atoms with Gasteiger partial charge in [-0.25, -0.2) is 5.01 Å². The van der Waals surface area contributed by atoms with Crippen molar-refractivity contribution in [1.82, 2.24) is 10.4 Å². The highest BCUT2D eigenvalue weighted by molar-refractivity contribution is 6.31. The highest BCUT2D eigenvalue weighted by Crippen LogP contribution is 2.57. The van der Waals surface area contributed by atoms with E-state index in [-0.39, 0.29) is 39.5 Å². The van der Waals surface area contributed by atoms with Gasteiger partial charge < -0.3 is 20.4 Å². The standard InChI is InChI=1S/C20H22N2O6/c1-8-16(25)14(10(3)23)18-15(17(8)26)20(4)12(28-18)7-11(24)13(19(20)27)9(2)21-22(5)6/h7,21,25-26H,1-6H3/t20-/m0/s1. The molecule has 0 unspecified atom stereocenters. The van der Waals surface area contributed by atoms with Crippen molar-refractivity contribution in [3.05, 3.63) is 39.8 Å². The number of hydrazine groups is 1. The number of carbonyl (C=O) groups is 3. The highest BCUT2D eigenvalue weighted by Gasteiger charge is 2.56. The van der Waals surface area contributed by atoms with Crippen molar-refractivity contribution in [2.45, 2.75) is 33.1 Å². The number of phenolic OH excluding ortho intramolecular Hbond substituents is 2. The molecule has 0 aromatic heterocycles. The maximum Gasteiger partial charge on any atom is 0.194 e. The molecule has 0 fully saturated rings. The Morgan fingerprint density at radius 3 is 2.32 bits per heavy atom. The molecule has 3 N–H and O–H groups in total. The van der Waals surface area contributed by atoms with Crippen LogP contribution in [-0.2, 0) is 15.0 Å². The average molecular weight is 386 g/mol. The number of nitrogens with zero attached hydrogens (tertiary/aromatic N) is 1. The number of Topliss-reactive ketones (excluding diaryl/α,β-unsaturated/α-hetero) is 2. The first kappa shape index (κ1) is 19.6. The van der Waals surface area contributed by atoms with Crippen LogP contribution in [-0.4, -0.2) is 46.7 Å². The fraction of sp³-hybridized carbons (Fsp3) is 0.350. The summed E-state index contributed by atoms with van der Waals surface area (Å²) in [6.07, 6.45) is 1.19. The zero-order valence-corrected chi connectivity index (χ0v) is 16.6. The maximum absolute atomic E-state index is 13.4. The van der Waals surface area contributed by atoms with Crippen LogP contribution < -0.4 is 10.2 Å². The van der Waals surface area contributed by atoms with Crippen LogP contribution in [0.1, 0.15) is 42.3 Å². The second-order valence-electron chi connectivity index (χ2n) is 7.39. The molecule has 0 bridgehead atoms. The van der Waals surface area contributed by atoms with Crippen molar-refractivity contribution in [1.29, 1.82) is 0 Å². The number of aromatic hydroxyl groups is 2. The number of ketones is 3. The van der Waals surface area contributed by atoms with Crippen molar-refractivity contribution >= 4 is 17.3 Å². The van der Waals surface area contributed by atoms with Crippen LogP contribution in [0.15, 0.2) is 23.1 Å². The summed E-state index contributed by atoms with van der Waals surface area (Å²) in [4.78, 5) is 38.2. The van der Waals surface area contributed by atoms with Crippen LogP contribution in [0.25, 0.3) is 0 Å². The van der Waals surface area contributed by atoms with Gasteiger partial charge in [0.15, 0.2) is 17.3 Å². The van der Waals surface area contributed by atoms with Crippen LogP contribution in [0.2, 0.25) is 0 Å². The van der Waals surface area contributed by atoms with E-state index in [9.17, 15) is 24.6 Å². The molecule has 0 saturated carbocycles. The monoisotopic (exact) mass is 386 g/mol. The molecule has 148 valence electrons. The first-order chi connectivity index (χ1) is 12.9. The number of phenols is 2. The van der Waals surface area contributed by atoms with E-state index in [1.807, 2.05) is 0 Å². The van der Waals surface area contributed by atoms with E-state index < -0.39 is 28.5 Å². The van der Waals surface area contributed by atoms with E-state index >= 15 is 0 Å². The molecule has 1 heterocycles. The van der Waals surface area contributed by atoms with E-state index in [0.717, 1.165) is 0 Å². The Bertz CT molecular complexity index is 1020. The lowest BCUT2D eigenvalue weighted by Crippen LogP contribution is -2.42. The summed E-state index contributed by atoms with van der Waals surface area (Å²) in [6.45, 7) is 5.82. The van der Waals surface area contributed by atoms with Crippen LogP contribution in [0.5, 0.6) is 17.2 Å². The number of allylic oxidation sites excluding steroid dienone is 4. The Labute approximate surface area is 162 Å². The Morgan fingerprint density at radius 2 is 1.79 bits per heavy atom. The zero-order chi connectivity index (χ0) is 21.1. The second-order valence-corrected chi connectivity index (χ2v) is 7.39. The van der Waals surface area contributed by atoms with Crippen molar-refractivity contribution in [3.8, 4) is 17.2 Å². The summed E-state index contributed by atoms with van der Waals surface area (Å²) in [7, 11) is 3.44. The molecule has 2 aliphatic rings. The Kier molecular flexibility index (Phi) is 4.35. The van der Waals surface area contributed by atoms with Crippen LogP contribution in [0.4, 0.5) is 0 Å². The minimum atomic E-state index is -1.50. The number of ether oxygens (including phenoxy) is 1. The molecule has 8 nitrogen and oxygen atoms in total. The number of benzene rings is 1. The topological polar surface area (TPSA) is 116 Å². The lowest BCUT2D eigenvalue weighted by atomic mass is 9.70. The molecule has 0 radical (unpaired) electrons. The second kappa shape index (κ2) is 6.20. The summed E-state index contributed by atoms with van der Waals surface area (Å²) in [5.74, 6) is -2.42. The normalized spacial score (nSPS) is 22.5. The average Bonchev–Trinajstić information content (AvgIpc) is 2.85. The van der Waals surface area contributed by atoms with E-state index in [4.69, 9.17) is 4.74 Å². The minimum Gasteiger partial charge on any atom is -0.507 e. The molecule has 1 aliphatic heterocycles. The van der Waals surface area contributed by atoms with Gasteiger partial charge in [-0.1, -0.05) is 0 Å². The smallest absolute Gasteiger partial charge is 0.194 e. The molecular formula is C20H22N2O6. The largest absolute Gasteiger partial charge is 0.507 e. The first-order valence-corrected chi connectivity index (χ1v) is 8.66. The fourth-order valence-corrected chi connectivity index (χ4v) is 3.75. The lowest BCUT2D eigenvalue weighted by molar-refractivity contribution is -0.123. The van der Waals surface area contributed by atoms with Crippen LogP contribution in [0, 0.1) is 6.92 Å². The molecule has 0 spiro atoms. The van der Waals surface area contributed by atoms with Gasteiger partial charge in [0, 0.05) is 31.4 Å². The van der Waals surface area contributed by atoms with Crippen molar-refractivity contribution in [2.75, 3.05) is 14.1 Å². The maximum atomic E-state index is 13.4. The first-order valence-electron chi connectivity index (χ1n) is 8.66. The third-order valence-electron chi connectivity index (χ3n) is 5.15. The molecule has 8 heteroatoms. The molecule has 3 rings (SSSR count). The predicted molar refractivity (Wildman–Crippen MR) is 100 cm³/mol. The van der Waals surface area contributed by atoms with Gasteiger partial charge in [-0.15, -0.1) is 0 Å². The quantitative estimate of drug-likeness (QED) is 0.311. The van der Waals surface area contributed by atoms with Crippen LogP contribution >= 0.6 is 0 Å². The lowest BCUT2D eigenvalue weighted by Gasteiger charge is -2.29. The Hall–Kier alpha value is -3.13. The van der Waals surface area contributed by atoms with Gasteiger partial charge in [-0.3, -0.25) is 14.4 Å². The van der Waals surface area contributed by atoms with Gasteiger partial charge in [-0.2, -0.15) is 0 Å². The third kappa shape index (κ3) is 2.45. The summed E-state index contributed by atoms with van der Waals surface area (Å²) >= 11 is 0. The SMILES string of the molecule is CC(=O)c1c(O)c(C)c(O)c2c1OC1=CC(=O)C(=C(C)NN(C)C)C(=O)[C@@]12C. The van der Waals surface area contributed by atoms with Gasteiger partial charge in [0.25, 0.3) is 0 Å². The molecule has 0 saturated heterocycles. The van der Waals surface area contributed by atoms with E-state index in [2.05, 4.69) is 5.43 Å². The highest BCUT2D eigenvalue weighted by atomic mass is 16.5. The zero-order valence-electron chi connectivity index (χ0n) is 16.6. The third-order valence-corrected chi connectivity index (χ3v) is 5.15. The van der Waals surface area contributed by atoms with Crippen molar-refractivity contribution in [2.24, 2.45) is 0 Å². The summed E-state index contributed by atoms with van der Waals surface area (Å²) < 4.78 is 5.70. The van der Waals surface area contributed by atoms with E-state index in [1.165, 1.54) is 26.8 Å². The minimum absolute atomic E-state index is 0.0155. The molecule has 1 aromatic rings. The predicted octanol–water partition coefficient (Wildman–Crippen LogP) is 1.63. The number of hydrogen-bond donors (Lipinski definition) is 3. The molecule has 1 aromatic carbocycles. The molecule has 1 atom stereocenters. The number of carbonyl (C=O) groups excluding carboxylic acids is 3. The van der Waals surface area contributed by atoms with Crippen molar-refractivity contribution in [3.63, 3.8) is 0 Å². The van der Waals surface area contributed by atoms with Crippen molar-refractivity contribution < 1.29 is 29.3 Å². The molecule has 1 aliphatic carbocycles. The van der Waals surface area contributed by atoms with Gasteiger partial charge in [0.1, 0.15) is 34.0 Å². The summed E-state index contributed by atoms with van der Waals surface area (Å²) in [6, 6.07) is 0. The van der Waals surface area contributed by atoms with E-state index in [0.29, 0.717) is 5.70 Å². The number of hydrogen-bond acceptors (Lipinski definition) is 8. The van der Waals surface area contributed by atoms with Gasteiger partial charge >= 0.3 is 0 Å². The van der Waals surface area contributed by atoms with Gasteiger partial charge in [-0.05, 0) is 27.7 Å². The van der Waals surface area contributed by atoms with E-state index in [1.54, 1.807) is 26.0 Å². The number of nitrogens with one attached hydrogen (secondary N) is 1. The summed E-state index contributed by atoms with van der Waals surface area (Å²) in [5.41, 5.74) is 1.70. The van der Waals surface area contributed by atoms with Gasteiger partial charge in [0.05, 0.1) is 11.1 Å². The fourth-order valence-electron chi connectivity index (χ4n) is 3.75. The molecule has 28 heavy (non-hydrogen) atoms. The van der Waals surface area contributed by atoms with Gasteiger partial charge in [0.2, 0.25) is 0 Å². The summed E-state index contributed by atoms with van der Waals surface area (Å²) in [5, 5.41) is 22.6. The van der Waals surface area contributed by atoms with Crippen LogP contribution in [0.3, 0.4) is 0 Å². The Balaban J connectivity index is 2.35. The Morgan fingerprint density at radius 1 is 1.18 bits per heavy atom. The number of rotatable bonds is 3. The number of fused-ring (bicyclic) bond motifs is 3. The molecule has 0 amide bonds. The molecular weight excluding hydrogens is 364 g/mol.